The van der Waals surface area contributed by atoms with E-state index < -0.39 is 0 Å². The minimum absolute atomic E-state index is 0.163. The van der Waals surface area contributed by atoms with Gasteiger partial charge >= 0.3 is 0 Å². The van der Waals surface area contributed by atoms with Gasteiger partial charge in [-0.2, -0.15) is 0 Å². The van der Waals surface area contributed by atoms with Crippen LogP contribution in [0, 0.1) is 0 Å². The lowest BCUT2D eigenvalue weighted by Crippen LogP contribution is -2.45. The van der Waals surface area contributed by atoms with Crippen LogP contribution in [0.15, 0.2) is 0 Å². The lowest BCUT2D eigenvalue weighted by molar-refractivity contribution is -0.143. The van der Waals surface area contributed by atoms with Crippen LogP contribution in [0.2, 0.25) is 0 Å². The van der Waals surface area contributed by atoms with E-state index in [1.54, 1.807) is 7.11 Å². The normalized spacial score (nSPS) is 28.3. The molecule has 0 saturated carbocycles. The molecule has 2 fully saturated rings. The molecule has 1 unspecified atom stereocenters. The Hall–Kier alpha value is -0.610. The summed E-state index contributed by atoms with van der Waals surface area (Å²) in [7, 11) is 1.74. The zero-order valence-electron chi connectivity index (χ0n) is 9.28. The number of carbonyl (C=O) groups is 1. The second kappa shape index (κ2) is 4.94. The van der Waals surface area contributed by atoms with Crippen molar-refractivity contribution in [2.75, 3.05) is 26.8 Å². The average Bonchev–Trinajstić information content (AvgIpc) is 2.82. The molecule has 4 nitrogen and oxygen atoms in total. The van der Waals surface area contributed by atoms with Gasteiger partial charge in [-0.3, -0.25) is 4.79 Å². The maximum Gasteiger partial charge on any atom is 0.251 e. The van der Waals surface area contributed by atoms with Crippen LogP contribution >= 0.6 is 0 Å². The van der Waals surface area contributed by atoms with Crippen molar-refractivity contribution in [2.24, 2.45) is 0 Å². The van der Waals surface area contributed by atoms with Gasteiger partial charge in [-0.05, 0) is 25.7 Å². The topological polar surface area (TPSA) is 38.8 Å². The lowest BCUT2D eigenvalue weighted by atomic mass is 10.1. The quantitative estimate of drug-likeness (QED) is 0.681. The van der Waals surface area contributed by atoms with Crippen LogP contribution in [0.1, 0.15) is 25.7 Å². The molecule has 15 heavy (non-hydrogen) atoms. The first-order chi connectivity index (χ1) is 7.31. The summed E-state index contributed by atoms with van der Waals surface area (Å²) in [4.78, 5) is 13.9. The molecule has 0 N–H and O–H groups in total. The summed E-state index contributed by atoms with van der Waals surface area (Å²) in [5.41, 5.74) is 0. The van der Waals surface area contributed by atoms with Crippen LogP contribution in [0.5, 0.6) is 0 Å². The molecule has 1 atom stereocenters. The van der Waals surface area contributed by atoms with Gasteiger partial charge in [0.25, 0.3) is 5.91 Å². The van der Waals surface area contributed by atoms with Crippen LogP contribution in [0.3, 0.4) is 0 Å². The van der Waals surface area contributed by atoms with Gasteiger partial charge in [0, 0.05) is 26.8 Å². The summed E-state index contributed by atoms with van der Waals surface area (Å²) in [6.45, 7) is 2.37. The Morgan fingerprint density at radius 1 is 1.33 bits per heavy atom. The van der Waals surface area contributed by atoms with Crippen molar-refractivity contribution in [2.45, 2.75) is 37.9 Å². The van der Waals surface area contributed by atoms with Crippen molar-refractivity contribution in [3.63, 3.8) is 0 Å². The maximum atomic E-state index is 12.0. The Morgan fingerprint density at radius 2 is 2.07 bits per heavy atom. The van der Waals surface area contributed by atoms with E-state index in [2.05, 4.69) is 0 Å². The summed E-state index contributed by atoms with van der Waals surface area (Å²) in [5.74, 6) is 0.182. The molecular weight excluding hydrogens is 194 g/mol. The van der Waals surface area contributed by atoms with Crippen LogP contribution in [0.4, 0.5) is 0 Å². The molecule has 0 aromatic carbocycles. The van der Waals surface area contributed by atoms with E-state index in [1.165, 1.54) is 0 Å². The molecule has 2 saturated heterocycles. The number of likely N-dealkylation sites (tertiary alicyclic amines) is 1. The molecule has 2 aliphatic rings. The first-order valence-electron chi connectivity index (χ1n) is 5.74. The fraction of sp³-hybridized carbons (Fsp3) is 0.909. The number of nitrogens with zero attached hydrogens (tertiary/aromatic N) is 1. The van der Waals surface area contributed by atoms with Crippen LogP contribution in [-0.4, -0.2) is 49.8 Å². The molecular formula is C11H19NO3. The van der Waals surface area contributed by atoms with Crippen LogP contribution in [0.25, 0.3) is 0 Å². The van der Waals surface area contributed by atoms with Crippen molar-refractivity contribution in [1.82, 2.24) is 4.90 Å². The van der Waals surface area contributed by atoms with E-state index in [9.17, 15) is 4.79 Å². The maximum absolute atomic E-state index is 12.0. The summed E-state index contributed by atoms with van der Waals surface area (Å²) in [6.07, 6.45) is 3.99. The highest BCUT2D eigenvalue weighted by molar-refractivity contribution is 5.81. The molecule has 0 bridgehead atoms. The molecule has 0 aromatic rings. The van der Waals surface area contributed by atoms with Crippen molar-refractivity contribution < 1.29 is 14.3 Å². The molecule has 0 aliphatic carbocycles. The molecule has 4 heteroatoms. The first-order valence-corrected chi connectivity index (χ1v) is 5.74. The third-order valence-corrected chi connectivity index (χ3v) is 3.29. The van der Waals surface area contributed by atoms with E-state index in [0.717, 1.165) is 45.4 Å². The van der Waals surface area contributed by atoms with Gasteiger partial charge in [-0.15, -0.1) is 0 Å². The summed E-state index contributed by atoms with van der Waals surface area (Å²) >= 11 is 0. The van der Waals surface area contributed by atoms with Gasteiger partial charge in [-0.25, -0.2) is 0 Å². The molecule has 2 rings (SSSR count). The summed E-state index contributed by atoms with van der Waals surface area (Å²) in [5, 5.41) is 0. The largest absolute Gasteiger partial charge is 0.381 e. The SMILES string of the molecule is COC1CCN(C(=O)C2CCCO2)CC1. The van der Waals surface area contributed by atoms with Gasteiger partial charge in [-0.1, -0.05) is 0 Å². The van der Waals surface area contributed by atoms with E-state index in [4.69, 9.17) is 9.47 Å². The Balaban J connectivity index is 1.81. The number of amides is 1. The number of methoxy groups -OCH3 is 1. The van der Waals surface area contributed by atoms with E-state index in [1.807, 2.05) is 4.90 Å². The molecule has 2 aliphatic heterocycles. The highest BCUT2D eigenvalue weighted by atomic mass is 16.5. The highest BCUT2D eigenvalue weighted by Crippen LogP contribution is 2.19. The van der Waals surface area contributed by atoms with Crippen LogP contribution < -0.4 is 0 Å². The zero-order valence-corrected chi connectivity index (χ0v) is 9.28. The number of ether oxygens (including phenoxy) is 2. The van der Waals surface area contributed by atoms with Gasteiger partial charge < -0.3 is 14.4 Å². The predicted octanol–water partition coefficient (Wildman–Crippen LogP) is 0.803. The monoisotopic (exact) mass is 213 g/mol. The molecule has 0 radical (unpaired) electrons. The van der Waals surface area contributed by atoms with E-state index in [-0.39, 0.29) is 12.0 Å². The number of piperidine rings is 1. The molecule has 0 spiro atoms. The van der Waals surface area contributed by atoms with Gasteiger partial charge in [0.1, 0.15) is 6.10 Å². The van der Waals surface area contributed by atoms with Crippen molar-refractivity contribution in [3.05, 3.63) is 0 Å². The first kappa shape index (κ1) is 10.9. The number of hydrogen-bond donors (Lipinski definition) is 0. The smallest absolute Gasteiger partial charge is 0.251 e. The van der Waals surface area contributed by atoms with Crippen LogP contribution in [-0.2, 0) is 14.3 Å². The summed E-state index contributed by atoms with van der Waals surface area (Å²) in [6, 6.07) is 0. The Kier molecular flexibility index (Phi) is 3.59. The molecule has 2 heterocycles. The molecule has 1 amide bonds. The van der Waals surface area contributed by atoms with Gasteiger partial charge in [0.15, 0.2) is 0 Å². The Labute approximate surface area is 90.5 Å². The fourth-order valence-electron chi connectivity index (χ4n) is 2.29. The van der Waals surface area contributed by atoms with Crippen molar-refractivity contribution in [1.29, 1.82) is 0 Å². The Morgan fingerprint density at radius 3 is 2.60 bits per heavy atom. The minimum Gasteiger partial charge on any atom is -0.381 e. The number of hydrogen-bond acceptors (Lipinski definition) is 3. The zero-order chi connectivity index (χ0) is 10.7. The van der Waals surface area contributed by atoms with Gasteiger partial charge in [0.05, 0.1) is 6.10 Å². The number of rotatable bonds is 2. The highest BCUT2D eigenvalue weighted by Gasteiger charge is 2.30. The lowest BCUT2D eigenvalue weighted by Gasteiger charge is -2.32. The molecule has 0 aromatic heterocycles. The van der Waals surface area contributed by atoms with E-state index in [0.29, 0.717) is 6.10 Å². The molecule has 86 valence electrons. The fourth-order valence-corrected chi connectivity index (χ4v) is 2.29. The predicted molar refractivity (Wildman–Crippen MR) is 55.6 cm³/mol. The number of carbonyl (C=O) groups excluding carboxylic acids is 1. The standard InChI is InChI=1S/C11H19NO3/c1-14-9-4-6-12(7-5-9)11(13)10-3-2-8-15-10/h9-10H,2-8H2,1H3. The summed E-state index contributed by atoms with van der Waals surface area (Å²) < 4.78 is 10.7. The van der Waals surface area contributed by atoms with Crippen molar-refractivity contribution in [3.8, 4) is 0 Å². The third-order valence-electron chi connectivity index (χ3n) is 3.29. The second-order valence-corrected chi connectivity index (χ2v) is 4.26. The average molecular weight is 213 g/mol. The Bertz CT molecular complexity index is 218. The van der Waals surface area contributed by atoms with Crippen molar-refractivity contribution >= 4 is 5.91 Å². The minimum atomic E-state index is -0.163. The van der Waals surface area contributed by atoms with E-state index >= 15 is 0 Å². The van der Waals surface area contributed by atoms with Gasteiger partial charge in [0.2, 0.25) is 0 Å². The second-order valence-electron chi connectivity index (χ2n) is 4.26. The third kappa shape index (κ3) is 2.49.